The number of thiazole rings is 1. The number of hydrogen-bond acceptors (Lipinski definition) is 6. The molecule has 0 fully saturated rings. The van der Waals surface area contributed by atoms with Gasteiger partial charge in [0.1, 0.15) is 5.75 Å². The van der Waals surface area contributed by atoms with Crippen molar-refractivity contribution in [2.45, 2.75) is 25.6 Å². The summed E-state index contributed by atoms with van der Waals surface area (Å²) in [5.41, 5.74) is 1.67. The predicted octanol–water partition coefficient (Wildman–Crippen LogP) is 3.74. The van der Waals surface area contributed by atoms with E-state index in [-0.39, 0.29) is 11.3 Å². The standard InChI is InChI=1S/C25H21F3N2O4S/c1-3-18-20(23(32)33-2)21(16-9-5-4-6-10-16)30-22(31)19(35-24(30)29-18)13-15-8-7-11-17(12-15)34-14-25(26,27)28/h4-13,21H,3,14H2,1-2H3/b19-13-/t21-/m1/s1. The third kappa shape index (κ3) is 5.22. The second-order valence-corrected chi connectivity index (χ2v) is 8.68. The molecule has 2 heterocycles. The van der Waals surface area contributed by atoms with Crippen LogP contribution in [0.1, 0.15) is 30.5 Å². The average Bonchev–Trinajstić information content (AvgIpc) is 3.16. The lowest BCUT2D eigenvalue weighted by Crippen LogP contribution is -2.40. The Balaban J connectivity index is 1.85. The Labute approximate surface area is 202 Å². The number of alkyl halides is 3. The normalized spacial score (nSPS) is 16.0. The summed E-state index contributed by atoms with van der Waals surface area (Å²) in [5, 5.41) is 0. The Morgan fingerprint density at radius 2 is 1.91 bits per heavy atom. The Hall–Kier alpha value is -3.66. The van der Waals surface area contributed by atoms with Crippen LogP contribution in [0.25, 0.3) is 6.08 Å². The fourth-order valence-corrected chi connectivity index (χ4v) is 4.85. The van der Waals surface area contributed by atoms with Crippen LogP contribution in [-0.2, 0) is 9.53 Å². The van der Waals surface area contributed by atoms with E-state index < -0.39 is 24.8 Å². The van der Waals surface area contributed by atoms with Gasteiger partial charge in [-0.05, 0) is 35.8 Å². The molecular formula is C25H21F3N2O4S. The fourth-order valence-electron chi connectivity index (χ4n) is 3.83. The maximum absolute atomic E-state index is 13.5. The fraction of sp³-hybridized carbons (Fsp3) is 0.240. The zero-order valence-corrected chi connectivity index (χ0v) is 19.7. The molecule has 0 saturated carbocycles. The predicted molar refractivity (Wildman–Crippen MR) is 125 cm³/mol. The van der Waals surface area contributed by atoms with Gasteiger partial charge in [-0.1, -0.05) is 60.7 Å². The van der Waals surface area contributed by atoms with Gasteiger partial charge in [0.2, 0.25) is 0 Å². The van der Waals surface area contributed by atoms with Gasteiger partial charge in [0.25, 0.3) is 5.56 Å². The zero-order valence-electron chi connectivity index (χ0n) is 18.8. The van der Waals surface area contributed by atoms with E-state index in [1.165, 1.54) is 23.8 Å². The van der Waals surface area contributed by atoms with E-state index in [2.05, 4.69) is 4.99 Å². The van der Waals surface area contributed by atoms with Crippen molar-refractivity contribution in [2.24, 2.45) is 4.99 Å². The second kappa shape index (κ2) is 9.91. The Morgan fingerprint density at radius 1 is 1.17 bits per heavy atom. The van der Waals surface area contributed by atoms with Gasteiger partial charge in [-0.3, -0.25) is 9.36 Å². The molecule has 4 rings (SSSR count). The van der Waals surface area contributed by atoms with Crippen LogP contribution in [0, 0.1) is 0 Å². The van der Waals surface area contributed by atoms with Gasteiger partial charge in [0.15, 0.2) is 11.4 Å². The van der Waals surface area contributed by atoms with Crippen molar-refractivity contribution in [1.29, 1.82) is 0 Å². The van der Waals surface area contributed by atoms with Gasteiger partial charge in [0.05, 0.1) is 29.0 Å². The number of allylic oxidation sites excluding steroid dienone is 1. The SMILES string of the molecule is CCC1=C(C(=O)OC)[C@@H](c2ccccc2)n2c(s/c(=C\c3cccc(OCC(F)(F)F)c3)c2=O)=N1. The number of benzene rings is 2. The van der Waals surface area contributed by atoms with E-state index in [0.717, 1.165) is 16.9 Å². The molecule has 0 N–H and O–H groups in total. The van der Waals surface area contributed by atoms with Crippen LogP contribution in [0.4, 0.5) is 13.2 Å². The first-order valence-corrected chi connectivity index (χ1v) is 11.5. The lowest BCUT2D eigenvalue weighted by molar-refractivity contribution is -0.153. The van der Waals surface area contributed by atoms with Gasteiger partial charge in [-0.15, -0.1) is 0 Å². The molecule has 1 aromatic heterocycles. The highest BCUT2D eigenvalue weighted by atomic mass is 32.1. The molecule has 3 aromatic rings. The lowest BCUT2D eigenvalue weighted by Gasteiger charge is -2.25. The first-order valence-electron chi connectivity index (χ1n) is 10.7. The number of carbonyl (C=O) groups excluding carboxylic acids is 1. The number of rotatable bonds is 6. The van der Waals surface area contributed by atoms with Crippen molar-refractivity contribution in [1.82, 2.24) is 4.57 Å². The van der Waals surface area contributed by atoms with E-state index in [0.29, 0.717) is 32.6 Å². The van der Waals surface area contributed by atoms with Crippen LogP contribution in [0.15, 0.2) is 75.7 Å². The van der Waals surface area contributed by atoms with Crippen molar-refractivity contribution in [3.05, 3.63) is 96.7 Å². The number of methoxy groups -OCH3 is 1. The summed E-state index contributed by atoms with van der Waals surface area (Å²) >= 11 is 1.14. The quantitative estimate of drug-likeness (QED) is 0.482. The summed E-state index contributed by atoms with van der Waals surface area (Å²) in [5.74, 6) is -0.532. The molecule has 35 heavy (non-hydrogen) atoms. The number of halogens is 3. The number of fused-ring (bicyclic) bond motifs is 1. The number of hydrogen-bond donors (Lipinski definition) is 0. The van der Waals surface area contributed by atoms with E-state index >= 15 is 0 Å². The smallest absolute Gasteiger partial charge is 0.422 e. The Bertz CT molecular complexity index is 1460. The molecule has 0 spiro atoms. The largest absolute Gasteiger partial charge is 0.484 e. The topological polar surface area (TPSA) is 69.9 Å². The molecule has 1 aliphatic rings. The number of esters is 1. The minimum atomic E-state index is -4.46. The number of aromatic nitrogens is 1. The highest BCUT2D eigenvalue weighted by Crippen LogP contribution is 2.31. The van der Waals surface area contributed by atoms with E-state index in [1.54, 1.807) is 18.2 Å². The van der Waals surface area contributed by atoms with Crippen LogP contribution < -0.4 is 19.6 Å². The van der Waals surface area contributed by atoms with Gasteiger partial charge in [0, 0.05) is 0 Å². The monoisotopic (exact) mass is 502 g/mol. The van der Waals surface area contributed by atoms with Crippen molar-refractivity contribution in [3.8, 4) is 5.75 Å². The first-order chi connectivity index (χ1) is 16.7. The van der Waals surface area contributed by atoms with Gasteiger partial charge >= 0.3 is 12.1 Å². The molecule has 0 unspecified atom stereocenters. The summed E-state index contributed by atoms with van der Waals surface area (Å²) in [4.78, 5) is 31.3. The lowest BCUT2D eigenvalue weighted by atomic mass is 9.95. The van der Waals surface area contributed by atoms with E-state index in [9.17, 15) is 22.8 Å². The highest BCUT2D eigenvalue weighted by molar-refractivity contribution is 7.07. The van der Waals surface area contributed by atoms with Crippen molar-refractivity contribution in [3.63, 3.8) is 0 Å². The molecule has 2 aromatic carbocycles. The van der Waals surface area contributed by atoms with Gasteiger partial charge < -0.3 is 9.47 Å². The molecule has 0 amide bonds. The van der Waals surface area contributed by atoms with Crippen LogP contribution in [0.3, 0.4) is 0 Å². The molecule has 1 aliphatic heterocycles. The van der Waals surface area contributed by atoms with E-state index in [4.69, 9.17) is 9.47 Å². The van der Waals surface area contributed by atoms with Crippen LogP contribution in [0.2, 0.25) is 0 Å². The molecule has 1 atom stereocenters. The summed E-state index contributed by atoms with van der Waals surface area (Å²) in [6, 6.07) is 14.4. The van der Waals surface area contributed by atoms with Crippen molar-refractivity contribution >= 4 is 23.4 Å². The number of carbonyl (C=O) groups is 1. The molecule has 0 aliphatic carbocycles. The maximum Gasteiger partial charge on any atom is 0.422 e. The van der Waals surface area contributed by atoms with Crippen LogP contribution in [-0.4, -0.2) is 30.4 Å². The summed E-state index contributed by atoms with van der Waals surface area (Å²) in [6.07, 6.45) is -2.43. The maximum atomic E-state index is 13.5. The van der Waals surface area contributed by atoms with Crippen molar-refractivity contribution in [2.75, 3.05) is 13.7 Å². The molecule has 6 nitrogen and oxygen atoms in total. The molecule has 0 saturated heterocycles. The zero-order chi connectivity index (χ0) is 25.2. The van der Waals surface area contributed by atoms with Crippen LogP contribution >= 0.6 is 11.3 Å². The minimum Gasteiger partial charge on any atom is -0.484 e. The third-order valence-corrected chi connectivity index (χ3v) is 6.31. The summed E-state index contributed by atoms with van der Waals surface area (Å²) in [7, 11) is 1.28. The third-order valence-electron chi connectivity index (χ3n) is 5.32. The van der Waals surface area contributed by atoms with Crippen LogP contribution in [0.5, 0.6) is 5.75 Å². The second-order valence-electron chi connectivity index (χ2n) is 7.68. The Morgan fingerprint density at radius 3 is 2.57 bits per heavy atom. The number of ether oxygens (including phenoxy) is 2. The first kappa shape index (κ1) is 24.5. The van der Waals surface area contributed by atoms with Gasteiger partial charge in [-0.25, -0.2) is 9.79 Å². The van der Waals surface area contributed by atoms with E-state index in [1.807, 2.05) is 37.3 Å². The summed E-state index contributed by atoms with van der Waals surface area (Å²) < 4.78 is 49.1. The van der Waals surface area contributed by atoms with Crippen molar-refractivity contribution < 1.29 is 27.4 Å². The number of nitrogens with zero attached hydrogens (tertiary/aromatic N) is 2. The molecule has 0 radical (unpaired) electrons. The molecule has 182 valence electrons. The van der Waals surface area contributed by atoms with Gasteiger partial charge in [-0.2, -0.15) is 13.2 Å². The molecular weight excluding hydrogens is 481 g/mol. The molecule has 10 heteroatoms. The average molecular weight is 503 g/mol. The summed E-state index contributed by atoms with van der Waals surface area (Å²) in [6.45, 7) is 0.455. The molecule has 0 bridgehead atoms. The highest BCUT2D eigenvalue weighted by Gasteiger charge is 2.33. The Kier molecular flexibility index (Phi) is 6.93. The minimum absolute atomic E-state index is 0.0345.